The van der Waals surface area contributed by atoms with Gasteiger partial charge in [0.25, 0.3) is 0 Å². The average molecular weight is 282 g/mol. The lowest BCUT2D eigenvalue weighted by atomic mass is 10.1. The predicted octanol–water partition coefficient (Wildman–Crippen LogP) is 2.72. The Hall–Kier alpha value is -1.06. The summed E-state index contributed by atoms with van der Waals surface area (Å²) in [5.74, 6) is 0.580. The Kier molecular flexibility index (Phi) is 7.63. The Morgan fingerprint density at radius 2 is 1.75 bits per heavy atom. The topological polar surface area (TPSA) is 49.4 Å². The molecule has 0 atom stereocenters. The van der Waals surface area contributed by atoms with Crippen LogP contribution in [0.15, 0.2) is 0 Å². The Labute approximate surface area is 123 Å². The van der Waals surface area contributed by atoms with Crippen LogP contribution in [0.1, 0.15) is 65.7 Å². The van der Waals surface area contributed by atoms with Gasteiger partial charge in [0.05, 0.1) is 0 Å². The number of hydrogen-bond acceptors (Lipinski definition) is 2. The summed E-state index contributed by atoms with van der Waals surface area (Å²) >= 11 is 0. The van der Waals surface area contributed by atoms with E-state index in [0.717, 1.165) is 19.4 Å². The normalized spacial score (nSPS) is 16.8. The van der Waals surface area contributed by atoms with E-state index in [2.05, 4.69) is 19.2 Å². The molecule has 0 aromatic carbocycles. The highest BCUT2D eigenvalue weighted by Crippen LogP contribution is 2.17. The number of hydrogen-bond donors (Lipinski definition) is 1. The molecule has 4 nitrogen and oxygen atoms in total. The second-order valence-corrected chi connectivity index (χ2v) is 6.36. The molecular weight excluding hydrogens is 252 g/mol. The minimum absolute atomic E-state index is 0.0565. The maximum Gasteiger partial charge on any atom is 0.221 e. The van der Waals surface area contributed by atoms with Crippen LogP contribution in [0.4, 0.5) is 0 Å². The quantitative estimate of drug-likeness (QED) is 0.762. The molecule has 1 aliphatic rings. The second kappa shape index (κ2) is 8.98. The first-order valence-electron chi connectivity index (χ1n) is 8.04. The van der Waals surface area contributed by atoms with E-state index in [4.69, 9.17) is 0 Å². The molecule has 0 aromatic heterocycles. The fourth-order valence-electron chi connectivity index (χ4n) is 2.78. The highest BCUT2D eigenvalue weighted by molar-refractivity contribution is 5.78. The zero-order valence-corrected chi connectivity index (χ0v) is 13.3. The second-order valence-electron chi connectivity index (χ2n) is 6.36. The van der Waals surface area contributed by atoms with Gasteiger partial charge in [-0.1, -0.05) is 39.5 Å². The van der Waals surface area contributed by atoms with Crippen molar-refractivity contribution in [3.05, 3.63) is 0 Å². The molecule has 0 bridgehead atoms. The van der Waals surface area contributed by atoms with Crippen LogP contribution in [0.2, 0.25) is 0 Å². The molecule has 1 rings (SSSR count). The first kappa shape index (κ1) is 17.0. The SMILES string of the molecule is CC(=O)N(CCC(=O)NC1CCCCCC1)CC(C)C. The highest BCUT2D eigenvalue weighted by atomic mass is 16.2. The molecule has 0 radical (unpaired) electrons. The maximum atomic E-state index is 12.0. The smallest absolute Gasteiger partial charge is 0.221 e. The number of nitrogens with zero attached hydrogens (tertiary/aromatic N) is 1. The van der Waals surface area contributed by atoms with Gasteiger partial charge in [0.2, 0.25) is 11.8 Å². The molecule has 4 heteroatoms. The van der Waals surface area contributed by atoms with Gasteiger partial charge < -0.3 is 10.2 Å². The van der Waals surface area contributed by atoms with E-state index >= 15 is 0 Å². The molecule has 20 heavy (non-hydrogen) atoms. The monoisotopic (exact) mass is 282 g/mol. The van der Waals surface area contributed by atoms with Gasteiger partial charge in [-0.05, 0) is 18.8 Å². The lowest BCUT2D eigenvalue weighted by Gasteiger charge is -2.23. The molecule has 1 saturated carbocycles. The molecule has 0 unspecified atom stereocenters. The zero-order valence-electron chi connectivity index (χ0n) is 13.3. The van der Waals surface area contributed by atoms with Crippen molar-refractivity contribution in [1.82, 2.24) is 10.2 Å². The Morgan fingerprint density at radius 1 is 1.15 bits per heavy atom. The van der Waals surface area contributed by atoms with Crippen molar-refractivity contribution in [3.63, 3.8) is 0 Å². The van der Waals surface area contributed by atoms with Crippen molar-refractivity contribution in [3.8, 4) is 0 Å². The fraction of sp³-hybridized carbons (Fsp3) is 0.875. The summed E-state index contributed by atoms with van der Waals surface area (Å²) < 4.78 is 0. The first-order valence-corrected chi connectivity index (χ1v) is 8.04. The number of rotatable bonds is 6. The van der Waals surface area contributed by atoms with E-state index in [1.807, 2.05) is 0 Å². The molecular formula is C16H30N2O2. The molecule has 1 fully saturated rings. The van der Waals surface area contributed by atoms with Crippen LogP contribution in [0.5, 0.6) is 0 Å². The Balaban J connectivity index is 2.31. The summed E-state index contributed by atoms with van der Waals surface area (Å²) in [5.41, 5.74) is 0. The summed E-state index contributed by atoms with van der Waals surface area (Å²) in [6.45, 7) is 7.01. The Morgan fingerprint density at radius 3 is 2.25 bits per heavy atom. The third kappa shape index (κ3) is 6.92. The van der Waals surface area contributed by atoms with Crippen molar-refractivity contribution in [2.75, 3.05) is 13.1 Å². The van der Waals surface area contributed by atoms with E-state index in [-0.39, 0.29) is 11.8 Å². The average Bonchev–Trinajstić information content (AvgIpc) is 2.62. The van der Waals surface area contributed by atoms with E-state index in [9.17, 15) is 9.59 Å². The molecule has 0 aromatic rings. The van der Waals surface area contributed by atoms with Gasteiger partial charge in [0, 0.05) is 32.5 Å². The van der Waals surface area contributed by atoms with Gasteiger partial charge in [-0.3, -0.25) is 9.59 Å². The summed E-state index contributed by atoms with van der Waals surface area (Å²) in [7, 11) is 0. The molecule has 0 spiro atoms. The lowest BCUT2D eigenvalue weighted by molar-refractivity contribution is -0.130. The van der Waals surface area contributed by atoms with Crippen LogP contribution in [-0.2, 0) is 9.59 Å². The third-order valence-electron chi connectivity index (χ3n) is 3.86. The molecule has 0 aliphatic heterocycles. The molecule has 0 heterocycles. The molecule has 0 saturated heterocycles. The van der Waals surface area contributed by atoms with Crippen LogP contribution >= 0.6 is 0 Å². The van der Waals surface area contributed by atoms with E-state index in [1.165, 1.54) is 25.7 Å². The largest absolute Gasteiger partial charge is 0.353 e. The third-order valence-corrected chi connectivity index (χ3v) is 3.86. The van der Waals surface area contributed by atoms with Gasteiger partial charge in [-0.2, -0.15) is 0 Å². The van der Waals surface area contributed by atoms with Crippen molar-refractivity contribution < 1.29 is 9.59 Å². The van der Waals surface area contributed by atoms with Crippen molar-refractivity contribution in [1.29, 1.82) is 0 Å². The van der Waals surface area contributed by atoms with E-state index in [1.54, 1.807) is 11.8 Å². The van der Waals surface area contributed by atoms with Crippen LogP contribution in [0, 0.1) is 5.92 Å². The maximum absolute atomic E-state index is 12.0. The lowest BCUT2D eigenvalue weighted by Crippen LogP contribution is -2.39. The molecule has 2 amide bonds. The van der Waals surface area contributed by atoms with Crippen LogP contribution < -0.4 is 5.32 Å². The number of carbonyl (C=O) groups excluding carboxylic acids is 2. The summed E-state index contributed by atoms with van der Waals surface area (Å²) in [4.78, 5) is 25.3. The summed E-state index contributed by atoms with van der Waals surface area (Å²) in [5, 5.41) is 3.13. The summed E-state index contributed by atoms with van der Waals surface area (Å²) in [6.07, 6.45) is 7.65. The first-order chi connectivity index (χ1) is 9.49. The van der Waals surface area contributed by atoms with Gasteiger partial charge in [0.1, 0.15) is 0 Å². The minimum Gasteiger partial charge on any atom is -0.353 e. The minimum atomic E-state index is 0.0565. The molecule has 116 valence electrons. The van der Waals surface area contributed by atoms with Gasteiger partial charge >= 0.3 is 0 Å². The van der Waals surface area contributed by atoms with Crippen LogP contribution in [-0.4, -0.2) is 35.8 Å². The molecule has 1 N–H and O–H groups in total. The van der Waals surface area contributed by atoms with Gasteiger partial charge in [-0.25, -0.2) is 0 Å². The van der Waals surface area contributed by atoms with Crippen molar-refractivity contribution in [2.24, 2.45) is 5.92 Å². The number of carbonyl (C=O) groups is 2. The van der Waals surface area contributed by atoms with Crippen LogP contribution in [0.3, 0.4) is 0 Å². The highest BCUT2D eigenvalue weighted by Gasteiger charge is 2.16. The van der Waals surface area contributed by atoms with E-state index < -0.39 is 0 Å². The van der Waals surface area contributed by atoms with Crippen molar-refractivity contribution in [2.45, 2.75) is 71.8 Å². The van der Waals surface area contributed by atoms with E-state index in [0.29, 0.717) is 24.9 Å². The summed E-state index contributed by atoms with van der Waals surface area (Å²) in [6, 6.07) is 0.348. The van der Waals surface area contributed by atoms with Gasteiger partial charge in [0.15, 0.2) is 0 Å². The fourth-order valence-corrected chi connectivity index (χ4v) is 2.78. The van der Waals surface area contributed by atoms with Gasteiger partial charge in [-0.15, -0.1) is 0 Å². The zero-order chi connectivity index (χ0) is 15.0. The van der Waals surface area contributed by atoms with Crippen molar-refractivity contribution >= 4 is 11.8 Å². The Bertz CT molecular complexity index is 308. The van der Waals surface area contributed by atoms with Crippen LogP contribution in [0.25, 0.3) is 0 Å². The molecule has 1 aliphatic carbocycles. The number of nitrogens with one attached hydrogen (secondary N) is 1. The number of amides is 2. The predicted molar refractivity (Wildman–Crippen MR) is 81.3 cm³/mol. The standard InChI is InChI=1S/C16H30N2O2/c1-13(2)12-18(14(3)19)11-10-16(20)17-15-8-6-4-5-7-9-15/h13,15H,4-12H2,1-3H3,(H,17,20).